The summed E-state index contributed by atoms with van der Waals surface area (Å²) in [6.45, 7) is 0. The number of para-hydroxylation sites is 8. The largest absolute Gasteiger partial charge is 0.309 e. The molecule has 6 heteroatoms. The Labute approximate surface area is 517 Å². The fourth-order valence-corrected chi connectivity index (χ4v) is 21.5. The van der Waals surface area contributed by atoms with Crippen LogP contribution in [0.25, 0.3) is 154 Å². The highest BCUT2D eigenvalue weighted by Gasteiger charge is 2.58. The first kappa shape index (κ1) is 49.5. The van der Waals surface area contributed by atoms with Gasteiger partial charge in [0.1, 0.15) is 0 Å². The van der Waals surface area contributed by atoms with Crippen LogP contribution in [0.4, 0.5) is 0 Å². The lowest BCUT2D eigenvalue weighted by Gasteiger charge is -2.39. The van der Waals surface area contributed by atoms with Gasteiger partial charge in [0.2, 0.25) is 0 Å². The van der Waals surface area contributed by atoms with E-state index < -0.39 is 9.07 Å². The first-order valence-corrected chi connectivity index (χ1v) is 32.9. The van der Waals surface area contributed by atoms with Gasteiger partial charge in [0.05, 0.1) is 55.5 Å². The zero-order chi connectivity index (χ0) is 59.0. The smallest absolute Gasteiger partial charge is 0.0562 e. The van der Waals surface area contributed by atoms with Crippen LogP contribution in [0.1, 0.15) is 0 Å². The summed E-state index contributed by atoms with van der Waals surface area (Å²) in [7, 11) is -4.41. The molecule has 0 bridgehead atoms. The van der Waals surface area contributed by atoms with Crippen molar-refractivity contribution in [3.8, 4) is 67.3 Å². The number of rotatable bonds is 6. The highest BCUT2D eigenvalue weighted by atomic mass is 32.3. The van der Waals surface area contributed by atoms with Crippen LogP contribution >= 0.6 is 0 Å². The molecule has 18 aromatic rings. The van der Waals surface area contributed by atoms with E-state index in [4.69, 9.17) is 0 Å². The molecule has 0 radical (unpaired) electrons. The number of hydrogen-bond donors (Lipinski definition) is 0. The van der Waals surface area contributed by atoms with E-state index in [0.717, 1.165) is 120 Å². The van der Waals surface area contributed by atoms with Gasteiger partial charge >= 0.3 is 0 Å². The second-order valence-corrected chi connectivity index (χ2v) is 27.8. The molecule has 0 N–H and O–H groups in total. The van der Waals surface area contributed by atoms with Gasteiger partial charge in [-0.3, -0.25) is 4.21 Å². The van der Waals surface area contributed by atoms with Gasteiger partial charge in [0.15, 0.2) is 0 Å². The van der Waals surface area contributed by atoms with Gasteiger partial charge < -0.3 is 18.3 Å². The molecule has 14 aromatic carbocycles. The standard InChI is InChI=1S/C84H52N4OS/c89-90(79-45-21-13-35-63(79)83-61(37-23-47-81(83)90)55-29-7-17-41-71(55)87-73-43-19-11-33-59(73)67-49-65-57-31-9-15-39-69(57)85(75(65)51-77(67)87)53-25-3-1-4-26-53)80-46-22-14-36-64(80)84-62(38-24-48-82(84)90)56-30-8-18-42-72(56)88-74-44-20-12-34-60(74)68-50-66-58-32-10-16-40-70(58)86(76(66)52-78(68)88)54-27-5-2-6-28-54/h1-52H. The average Bonchev–Trinajstić information content (AvgIpc) is 1.47. The van der Waals surface area contributed by atoms with Crippen LogP contribution in [0, 0.1) is 0 Å². The molecule has 20 rings (SSSR count). The zero-order valence-corrected chi connectivity index (χ0v) is 49.4. The summed E-state index contributed by atoms with van der Waals surface area (Å²) in [4.78, 5) is 3.38. The molecular formula is C84H52N4OS. The van der Waals surface area contributed by atoms with Crippen molar-refractivity contribution in [2.75, 3.05) is 0 Å². The summed E-state index contributed by atoms with van der Waals surface area (Å²) < 4.78 is 28.6. The molecule has 0 unspecified atom stereocenters. The van der Waals surface area contributed by atoms with E-state index in [9.17, 15) is 0 Å². The van der Waals surface area contributed by atoms with Gasteiger partial charge in [-0.2, -0.15) is 0 Å². The van der Waals surface area contributed by atoms with Crippen LogP contribution in [-0.2, 0) is 9.07 Å². The molecule has 5 nitrogen and oxygen atoms in total. The summed E-state index contributed by atoms with van der Waals surface area (Å²) in [6, 6.07) is 114. The van der Waals surface area contributed by atoms with Crippen molar-refractivity contribution >= 4 is 96.3 Å². The minimum atomic E-state index is -4.41. The second-order valence-electron chi connectivity index (χ2n) is 24.2. The predicted molar refractivity (Wildman–Crippen MR) is 373 cm³/mol. The maximum atomic E-state index is 18.8. The highest BCUT2D eigenvalue weighted by Crippen LogP contribution is 2.73. The van der Waals surface area contributed by atoms with Crippen LogP contribution in [0.3, 0.4) is 0 Å². The van der Waals surface area contributed by atoms with Crippen molar-refractivity contribution in [3.63, 3.8) is 0 Å². The summed E-state index contributed by atoms with van der Waals surface area (Å²) in [5.41, 5.74) is 21.6. The molecule has 0 saturated heterocycles. The average molecular weight is 1170 g/mol. The van der Waals surface area contributed by atoms with E-state index in [0.29, 0.717) is 0 Å². The molecule has 0 saturated carbocycles. The Bertz CT molecular complexity index is 5850. The Hall–Kier alpha value is -11.6. The third-order valence-electron chi connectivity index (χ3n) is 19.9. The Morgan fingerprint density at radius 3 is 0.889 bits per heavy atom. The van der Waals surface area contributed by atoms with Crippen molar-refractivity contribution in [2.24, 2.45) is 0 Å². The first-order valence-electron chi connectivity index (χ1n) is 30.9. The maximum Gasteiger partial charge on any atom is 0.0562 e. The highest BCUT2D eigenvalue weighted by molar-refractivity contribution is 8.21. The number of aromatic nitrogens is 4. The molecule has 1 spiro atoms. The molecule has 0 fully saturated rings. The molecular weight excluding hydrogens is 1110 g/mol. The van der Waals surface area contributed by atoms with Crippen LogP contribution in [0.2, 0.25) is 0 Å². The van der Waals surface area contributed by atoms with Gasteiger partial charge in [0.25, 0.3) is 0 Å². The summed E-state index contributed by atoms with van der Waals surface area (Å²) in [5, 5.41) is 9.62. The van der Waals surface area contributed by atoms with E-state index >= 15 is 4.21 Å². The van der Waals surface area contributed by atoms with Crippen molar-refractivity contribution in [1.29, 1.82) is 0 Å². The van der Waals surface area contributed by atoms with Crippen molar-refractivity contribution < 1.29 is 4.21 Å². The molecule has 90 heavy (non-hydrogen) atoms. The Kier molecular flexibility index (Phi) is 9.92. The topological polar surface area (TPSA) is 36.8 Å². The SMILES string of the molecule is O=S12(c3ccccc3-c3c(-c4ccccc4-n4c5ccccc5c5cc6c7ccccc7n(-c7ccccc7)c6cc54)cccc31)c1ccccc1-c1c(-c3ccccc3-n3c4ccccc4c4cc5c6ccccc6n(-c6ccccc6)c5cc43)cccc12. The Morgan fingerprint density at radius 2 is 0.489 bits per heavy atom. The first-order chi connectivity index (χ1) is 44.5. The number of benzene rings is 14. The Balaban J connectivity index is 0.824. The van der Waals surface area contributed by atoms with E-state index in [1.54, 1.807) is 0 Å². The molecule has 4 aromatic heterocycles. The van der Waals surface area contributed by atoms with Crippen molar-refractivity contribution in [3.05, 3.63) is 315 Å². The van der Waals surface area contributed by atoms with Crippen LogP contribution in [-0.4, -0.2) is 22.5 Å². The molecule has 0 aliphatic carbocycles. The van der Waals surface area contributed by atoms with Gasteiger partial charge in [-0.15, -0.1) is 0 Å². The minimum absolute atomic E-state index is 0.841. The van der Waals surface area contributed by atoms with Gasteiger partial charge in [-0.05, 0) is 131 Å². The quantitative estimate of drug-likeness (QED) is 0.163. The number of hydrogen-bond acceptors (Lipinski definition) is 1. The predicted octanol–water partition coefficient (Wildman–Crippen LogP) is 21.7. The van der Waals surface area contributed by atoms with Crippen molar-refractivity contribution in [1.82, 2.24) is 18.3 Å². The van der Waals surface area contributed by atoms with E-state index in [2.05, 4.69) is 334 Å². The molecule has 420 valence electrons. The lowest BCUT2D eigenvalue weighted by atomic mass is 9.93. The van der Waals surface area contributed by atoms with E-state index in [1.807, 2.05) is 0 Å². The zero-order valence-electron chi connectivity index (χ0n) is 48.6. The monoisotopic (exact) mass is 1160 g/mol. The van der Waals surface area contributed by atoms with Crippen LogP contribution < -0.4 is 0 Å². The van der Waals surface area contributed by atoms with Gasteiger partial charge in [-0.25, -0.2) is 0 Å². The maximum absolute atomic E-state index is 18.8. The minimum Gasteiger partial charge on any atom is -0.309 e. The normalized spacial score (nSPS) is 14.1. The van der Waals surface area contributed by atoms with Gasteiger partial charge in [0, 0.05) is 105 Å². The molecule has 0 atom stereocenters. The third kappa shape index (κ3) is 6.22. The summed E-state index contributed by atoms with van der Waals surface area (Å²) in [5.74, 6) is 0. The molecule has 2 aliphatic heterocycles. The van der Waals surface area contributed by atoms with Crippen LogP contribution in [0.15, 0.2) is 335 Å². The van der Waals surface area contributed by atoms with Gasteiger partial charge in [-0.1, -0.05) is 206 Å². The number of fused-ring (bicyclic) bond motifs is 22. The number of nitrogens with zero attached hydrogens (tertiary/aromatic N) is 4. The lowest BCUT2D eigenvalue weighted by molar-refractivity contribution is 0.658. The fourth-order valence-electron chi connectivity index (χ4n) is 16.3. The van der Waals surface area contributed by atoms with E-state index in [1.165, 1.54) is 54.1 Å². The molecule has 6 heterocycles. The lowest BCUT2D eigenvalue weighted by Crippen LogP contribution is -2.30. The molecule has 2 aliphatic rings. The second kappa shape index (κ2) is 18.0. The summed E-state index contributed by atoms with van der Waals surface area (Å²) in [6.07, 6.45) is 0. The third-order valence-corrected chi connectivity index (χ3v) is 24.6. The fraction of sp³-hybridized carbons (Fsp3) is 0. The Morgan fingerprint density at radius 1 is 0.200 bits per heavy atom. The van der Waals surface area contributed by atoms with Crippen LogP contribution in [0.5, 0.6) is 0 Å². The summed E-state index contributed by atoms with van der Waals surface area (Å²) >= 11 is 0. The van der Waals surface area contributed by atoms with Crippen molar-refractivity contribution in [2.45, 2.75) is 19.6 Å². The molecule has 0 amide bonds. The van der Waals surface area contributed by atoms with E-state index in [-0.39, 0.29) is 0 Å².